The van der Waals surface area contributed by atoms with Crippen molar-refractivity contribution in [3.8, 4) is 44.5 Å². The fraction of sp³-hybridized carbons (Fsp3) is 0. The van der Waals surface area contributed by atoms with Gasteiger partial charge >= 0.3 is 0 Å². The van der Waals surface area contributed by atoms with Gasteiger partial charge in [-0.25, -0.2) is 0 Å². The molecule has 0 radical (unpaired) electrons. The number of benzene rings is 11. The Morgan fingerprint density at radius 1 is 0.229 bits per heavy atom. The van der Waals surface area contributed by atoms with Crippen LogP contribution in [0.4, 0.5) is 34.1 Å². The maximum Gasteiger partial charge on any atom is 0.159 e. The lowest BCUT2D eigenvalue weighted by Crippen LogP contribution is -2.18. The van der Waals surface area contributed by atoms with Crippen molar-refractivity contribution < 1.29 is 8.83 Å². The lowest BCUT2D eigenvalue weighted by atomic mass is 9.92. The summed E-state index contributed by atoms with van der Waals surface area (Å²) in [6.07, 6.45) is 0. The Morgan fingerprint density at radius 2 is 0.543 bits per heavy atom. The van der Waals surface area contributed by atoms with Crippen LogP contribution in [0.2, 0.25) is 0 Å². The van der Waals surface area contributed by atoms with E-state index in [1.807, 2.05) is 12.1 Å². The standard InChI is InChI=1S/C66H44N2O2/c1-5-19-45(20-6-1)47-35-39-51(40-36-47)67(59-31-17-29-55-53-27-13-15-33-63(53)69-65(55)59)61-43-57(49-23-9-3-10-24-49)58(50-25-11-4-12-26-50)44-62(61)68(52-41-37-48(38-42-52)46-21-7-2-8-22-46)60-32-18-30-56-54-28-14-16-34-64(54)70-66(56)60/h1-44H. The van der Waals surface area contributed by atoms with E-state index in [2.05, 4.69) is 265 Å². The van der Waals surface area contributed by atoms with Crippen molar-refractivity contribution in [3.05, 3.63) is 267 Å². The van der Waals surface area contributed by atoms with Crippen molar-refractivity contribution in [2.75, 3.05) is 9.80 Å². The van der Waals surface area contributed by atoms with Gasteiger partial charge in [-0.1, -0.05) is 206 Å². The monoisotopic (exact) mass is 896 g/mol. The van der Waals surface area contributed by atoms with Crippen molar-refractivity contribution >= 4 is 78.0 Å². The Morgan fingerprint density at radius 3 is 0.929 bits per heavy atom. The van der Waals surface area contributed by atoms with Crippen LogP contribution >= 0.6 is 0 Å². The van der Waals surface area contributed by atoms with Crippen LogP contribution in [0.3, 0.4) is 0 Å². The molecule has 0 amide bonds. The van der Waals surface area contributed by atoms with Gasteiger partial charge in [0, 0.05) is 32.9 Å². The third-order valence-corrected chi connectivity index (χ3v) is 13.5. The van der Waals surface area contributed by atoms with Gasteiger partial charge in [0.05, 0.1) is 22.7 Å². The highest BCUT2D eigenvalue weighted by Gasteiger charge is 2.29. The van der Waals surface area contributed by atoms with E-state index in [1.165, 1.54) is 0 Å². The number of fused-ring (bicyclic) bond motifs is 6. The number of nitrogens with zero attached hydrogens (tertiary/aromatic N) is 2. The lowest BCUT2D eigenvalue weighted by molar-refractivity contribution is 0.668. The maximum atomic E-state index is 6.95. The van der Waals surface area contributed by atoms with E-state index >= 15 is 0 Å². The highest BCUT2D eigenvalue weighted by molar-refractivity contribution is 6.13. The Labute approximate surface area is 406 Å². The molecule has 13 rings (SSSR count). The van der Waals surface area contributed by atoms with Gasteiger partial charge in [0.25, 0.3) is 0 Å². The second-order valence-corrected chi connectivity index (χ2v) is 17.6. The molecule has 0 N–H and O–H groups in total. The second-order valence-electron chi connectivity index (χ2n) is 17.6. The van der Waals surface area contributed by atoms with Crippen LogP contribution in [0, 0.1) is 0 Å². The number of hydrogen-bond donors (Lipinski definition) is 0. The van der Waals surface area contributed by atoms with Gasteiger partial charge in [-0.15, -0.1) is 0 Å². The molecule has 2 aromatic heterocycles. The van der Waals surface area contributed by atoms with E-state index in [0.29, 0.717) is 0 Å². The fourth-order valence-electron chi connectivity index (χ4n) is 10.1. The molecule has 4 nitrogen and oxygen atoms in total. The van der Waals surface area contributed by atoms with Crippen molar-refractivity contribution in [2.45, 2.75) is 0 Å². The zero-order valence-electron chi connectivity index (χ0n) is 38.1. The Balaban J connectivity index is 1.16. The molecule has 13 aromatic rings. The molecule has 0 aliphatic rings. The van der Waals surface area contributed by atoms with E-state index in [9.17, 15) is 0 Å². The van der Waals surface area contributed by atoms with E-state index in [1.54, 1.807) is 0 Å². The SMILES string of the molecule is c1ccc(-c2ccc(N(c3cc(-c4ccccc4)c(-c4ccccc4)cc3N(c3ccc(-c4ccccc4)cc3)c3cccc4c3oc3ccccc34)c3cccc4c3oc3ccccc34)cc2)cc1. The van der Waals surface area contributed by atoms with Crippen LogP contribution in [-0.4, -0.2) is 0 Å². The van der Waals surface area contributed by atoms with Gasteiger partial charge in [0.15, 0.2) is 11.2 Å². The van der Waals surface area contributed by atoms with Crippen LogP contribution in [0.25, 0.3) is 88.4 Å². The largest absolute Gasteiger partial charge is 0.454 e. The van der Waals surface area contributed by atoms with Crippen molar-refractivity contribution in [3.63, 3.8) is 0 Å². The van der Waals surface area contributed by atoms with Crippen LogP contribution in [-0.2, 0) is 0 Å². The number of para-hydroxylation sites is 4. The van der Waals surface area contributed by atoms with Gasteiger partial charge < -0.3 is 18.6 Å². The Bertz CT molecular complexity index is 3710. The van der Waals surface area contributed by atoms with Crippen LogP contribution < -0.4 is 9.80 Å². The van der Waals surface area contributed by atoms with Gasteiger partial charge in [0.2, 0.25) is 0 Å². The zero-order valence-corrected chi connectivity index (χ0v) is 38.1. The third kappa shape index (κ3) is 7.18. The smallest absolute Gasteiger partial charge is 0.159 e. The first-order valence-electron chi connectivity index (χ1n) is 23.7. The normalized spacial score (nSPS) is 11.4. The molecule has 2 heterocycles. The van der Waals surface area contributed by atoms with Crippen LogP contribution in [0.15, 0.2) is 276 Å². The summed E-state index contributed by atoms with van der Waals surface area (Å²) in [5.74, 6) is 0. The van der Waals surface area contributed by atoms with Gasteiger partial charge in [0.1, 0.15) is 11.2 Å². The summed E-state index contributed by atoms with van der Waals surface area (Å²) in [6.45, 7) is 0. The molecule has 0 aliphatic heterocycles. The summed E-state index contributed by atoms with van der Waals surface area (Å²) >= 11 is 0. The summed E-state index contributed by atoms with van der Waals surface area (Å²) in [5, 5.41) is 4.23. The first kappa shape index (κ1) is 40.9. The number of hydrogen-bond acceptors (Lipinski definition) is 4. The zero-order chi connectivity index (χ0) is 46.4. The Hall–Kier alpha value is -9.38. The second kappa shape index (κ2) is 17.4. The van der Waals surface area contributed by atoms with Crippen LogP contribution in [0.1, 0.15) is 0 Å². The maximum absolute atomic E-state index is 6.95. The van der Waals surface area contributed by atoms with E-state index in [4.69, 9.17) is 8.83 Å². The fourth-order valence-corrected chi connectivity index (χ4v) is 10.1. The number of rotatable bonds is 10. The van der Waals surface area contributed by atoms with E-state index in [-0.39, 0.29) is 0 Å². The van der Waals surface area contributed by atoms with Crippen molar-refractivity contribution in [2.24, 2.45) is 0 Å². The highest BCUT2D eigenvalue weighted by Crippen LogP contribution is 2.53. The average molecular weight is 897 g/mol. The summed E-state index contributed by atoms with van der Waals surface area (Å²) < 4.78 is 13.9. The minimum Gasteiger partial charge on any atom is -0.454 e. The average Bonchev–Trinajstić information content (AvgIpc) is 4.02. The molecule has 0 aliphatic carbocycles. The first-order chi connectivity index (χ1) is 34.7. The molecule has 0 atom stereocenters. The predicted octanol–water partition coefficient (Wildman–Crippen LogP) is 19.1. The minimum atomic E-state index is 0.799. The van der Waals surface area contributed by atoms with E-state index < -0.39 is 0 Å². The molecular formula is C66H44N2O2. The summed E-state index contributed by atoms with van der Waals surface area (Å²) in [4.78, 5) is 4.78. The lowest BCUT2D eigenvalue weighted by Gasteiger charge is -2.34. The molecule has 4 heteroatoms. The molecule has 70 heavy (non-hydrogen) atoms. The first-order valence-corrected chi connectivity index (χ1v) is 23.7. The summed E-state index contributed by atoms with van der Waals surface area (Å²) in [7, 11) is 0. The molecule has 330 valence electrons. The molecule has 0 saturated carbocycles. The van der Waals surface area contributed by atoms with Crippen molar-refractivity contribution in [1.82, 2.24) is 0 Å². The third-order valence-electron chi connectivity index (χ3n) is 13.5. The molecule has 0 bridgehead atoms. The van der Waals surface area contributed by atoms with E-state index in [0.717, 1.165) is 123 Å². The van der Waals surface area contributed by atoms with Gasteiger partial charge in [-0.2, -0.15) is 0 Å². The highest BCUT2D eigenvalue weighted by atomic mass is 16.3. The van der Waals surface area contributed by atoms with Gasteiger partial charge in [-0.05, 0) is 105 Å². The number of anilines is 6. The van der Waals surface area contributed by atoms with Crippen LogP contribution in [0.5, 0.6) is 0 Å². The molecule has 0 saturated heterocycles. The quantitative estimate of drug-likeness (QED) is 0.137. The van der Waals surface area contributed by atoms with Gasteiger partial charge in [-0.3, -0.25) is 0 Å². The minimum absolute atomic E-state index is 0.799. The predicted molar refractivity (Wildman–Crippen MR) is 292 cm³/mol. The summed E-state index contributed by atoms with van der Waals surface area (Å²) in [5.41, 5.74) is 17.9. The molecule has 0 spiro atoms. The topological polar surface area (TPSA) is 32.8 Å². The van der Waals surface area contributed by atoms with Crippen molar-refractivity contribution in [1.29, 1.82) is 0 Å². The molecule has 0 unspecified atom stereocenters. The summed E-state index contributed by atoms with van der Waals surface area (Å²) in [6, 6.07) is 94.8. The number of furan rings is 2. The Kier molecular flexibility index (Phi) is 10.1. The molecule has 0 fully saturated rings. The molecular weight excluding hydrogens is 853 g/mol. The molecule has 11 aromatic carbocycles.